The maximum atomic E-state index is 12.7. The van der Waals surface area contributed by atoms with Crippen molar-refractivity contribution < 1.29 is 8.42 Å². The zero-order valence-electron chi connectivity index (χ0n) is 14.2. The van der Waals surface area contributed by atoms with Gasteiger partial charge in [0.2, 0.25) is 9.84 Å². The van der Waals surface area contributed by atoms with Crippen molar-refractivity contribution in [3.63, 3.8) is 0 Å². The lowest BCUT2D eigenvalue weighted by Gasteiger charge is -2.05. The third-order valence-electron chi connectivity index (χ3n) is 4.24. The molecule has 7 heteroatoms. The number of hydrogen-bond donors (Lipinski definition) is 2. The molecular weight excluding hydrogens is 360 g/mol. The molecule has 0 spiro atoms. The van der Waals surface area contributed by atoms with Crippen LogP contribution < -0.4 is 11.5 Å². The smallest absolute Gasteiger partial charge is 0.206 e. The Morgan fingerprint density at radius 2 is 1.30 bits per heavy atom. The summed E-state index contributed by atoms with van der Waals surface area (Å²) in [6, 6.07) is 20.0. The summed E-state index contributed by atoms with van der Waals surface area (Å²) in [6.07, 6.45) is 0. The molecule has 1 aliphatic rings. The fourth-order valence-corrected chi connectivity index (χ4v) is 4.09. The first kappa shape index (κ1) is 17.0. The van der Waals surface area contributed by atoms with Gasteiger partial charge in [-0.25, -0.2) is 18.4 Å². The Morgan fingerprint density at radius 3 is 1.93 bits per heavy atom. The molecule has 0 radical (unpaired) electrons. The second-order valence-electron chi connectivity index (χ2n) is 6.04. The van der Waals surface area contributed by atoms with Crippen LogP contribution in [0.4, 0.5) is 11.4 Å². The normalized spacial score (nSPS) is 14.8. The Bertz CT molecular complexity index is 1180. The summed E-state index contributed by atoms with van der Waals surface area (Å²) in [4.78, 5) is 9.17. The zero-order valence-corrected chi connectivity index (χ0v) is 15.0. The molecule has 1 aliphatic heterocycles. The van der Waals surface area contributed by atoms with Gasteiger partial charge in [0.1, 0.15) is 5.84 Å². The van der Waals surface area contributed by atoms with E-state index in [0.29, 0.717) is 23.0 Å². The molecule has 0 fully saturated rings. The van der Waals surface area contributed by atoms with Crippen LogP contribution in [0, 0.1) is 0 Å². The van der Waals surface area contributed by atoms with Crippen molar-refractivity contribution in [3.8, 4) is 0 Å². The van der Waals surface area contributed by atoms with Gasteiger partial charge in [0.15, 0.2) is 5.84 Å². The molecule has 134 valence electrons. The number of fused-ring (bicyclic) bond motifs is 1. The number of anilines is 1. The molecular formula is C20H16N4O2S. The highest BCUT2D eigenvalue weighted by molar-refractivity contribution is 7.91. The SMILES string of the molecule is NC1=NC(=Nc2ccc(S(=O)(=O)c3ccc(N)cc3)cc2)c2ccccc21. The van der Waals surface area contributed by atoms with E-state index in [4.69, 9.17) is 11.5 Å². The van der Waals surface area contributed by atoms with Gasteiger partial charge in [0, 0.05) is 16.8 Å². The maximum Gasteiger partial charge on any atom is 0.206 e. The minimum Gasteiger partial charge on any atom is -0.399 e. The number of nitrogen functional groups attached to an aromatic ring is 1. The van der Waals surface area contributed by atoms with Crippen LogP contribution in [0.2, 0.25) is 0 Å². The minimum absolute atomic E-state index is 0.186. The van der Waals surface area contributed by atoms with E-state index in [1.165, 1.54) is 24.3 Å². The molecule has 0 amide bonds. The number of aliphatic imine (C=N–C) groups is 2. The van der Waals surface area contributed by atoms with Crippen LogP contribution in [0.25, 0.3) is 0 Å². The standard InChI is InChI=1S/C20H16N4O2S/c21-13-5-9-15(10-6-13)27(25,26)16-11-7-14(8-12-16)23-20-18-4-2-1-3-17(18)19(22)24-20/h1-12H,21H2,(H2,22,23,24). The van der Waals surface area contributed by atoms with E-state index in [0.717, 1.165) is 11.1 Å². The predicted molar refractivity (Wildman–Crippen MR) is 106 cm³/mol. The molecule has 0 saturated heterocycles. The Balaban J connectivity index is 1.67. The van der Waals surface area contributed by atoms with Gasteiger partial charge in [-0.1, -0.05) is 24.3 Å². The van der Waals surface area contributed by atoms with Crippen LogP contribution in [0.5, 0.6) is 0 Å². The molecule has 4 N–H and O–H groups in total. The summed E-state index contributed by atoms with van der Waals surface area (Å²) in [5.74, 6) is 0.934. The van der Waals surface area contributed by atoms with E-state index in [-0.39, 0.29) is 9.79 Å². The number of sulfone groups is 1. The highest BCUT2D eigenvalue weighted by Crippen LogP contribution is 2.26. The Morgan fingerprint density at radius 1 is 0.741 bits per heavy atom. The first-order chi connectivity index (χ1) is 12.9. The summed E-state index contributed by atoms with van der Waals surface area (Å²) in [5.41, 5.74) is 14.4. The predicted octanol–water partition coefficient (Wildman–Crippen LogP) is 2.90. The third-order valence-corrected chi connectivity index (χ3v) is 6.03. The highest BCUT2D eigenvalue weighted by atomic mass is 32.2. The lowest BCUT2D eigenvalue weighted by molar-refractivity contribution is 0.596. The first-order valence-electron chi connectivity index (χ1n) is 8.18. The van der Waals surface area contributed by atoms with E-state index in [2.05, 4.69) is 9.98 Å². The summed E-state index contributed by atoms with van der Waals surface area (Å²) in [7, 11) is -3.61. The van der Waals surface area contributed by atoms with Crippen LogP contribution in [0.3, 0.4) is 0 Å². The van der Waals surface area contributed by atoms with Crippen LogP contribution in [0.1, 0.15) is 11.1 Å². The molecule has 27 heavy (non-hydrogen) atoms. The summed E-state index contributed by atoms with van der Waals surface area (Å²) < 4.78 is 25.4. The van der Waals surface area contributed by atoms with Gasteiger partial charge in [-0.2, -0.15) is 0 Å². The lowest BCUT2D eigenvalue weighted by atomic mass is 10.1. The average Bonchev–Trinajstić information content (AvgIpc) is 2.99. The van der Waals surface area contributed by atoms with Gasteiger partial charge >= 0.3 is 0 Å². The van der Waals surface area contributed by atoms with Gasteiger partial charge in [-0.3, -0.25) is 0 Å². The molecule has 0 saturated carbocycles. The summed E-state index contributed by atoms with van der Waals surface area (Å²) in [5, 5.41) is 0. The van der Waals surface area contributed by atoms with Gasteiger partial charge < -0.3 is 11.5 Å². The Kier molecular flexibility index (Phi) is 4.01. The van der Waals surface area contributed by atoms with Crippen molar-refractivity contribution in [2.75, 3.05) is 5.73 Å². The van der Waals surface area contributed by atoms with Crippen LogP contribution in [-0.2, 0) is 9.84 Å². The van der Waals surface area contributed by atoms with Gasteiger partial charge in [-0.05, 0) is 48.5 Å². The lowest BCUT2D eigenvalue weighted by Crippen LogP contribution is -2.09. The summed E-state index contributed by atoms with van der Waals surface area (Å²) >= 11 is 0. The van der Waals surface area contributed by atoms with Crippen LogP contribution in [-0.4, -0.2) is 20.1 Å². The van der Waals surface area contributed by atoms with Gasteiger partial charge in [0.25, 0.3) is 0 Å². The monoisotopic (exact) mass is 376 g/mol. The molecule has 4 rings (SSSR count). The Hall–Kier alpha value is -3.45. The first-order valence-corrected chi connectivity index (χ1v) is 9.67. The molecule has 0 unspecified atom stereocenters. The largest absolute Gasteiger partial charge is 0.399 e. The van der Waals surface area contributed by atoms with Crippen molar-refractivity contribution >= 4 is 32.9 Å². The number of amidine groups is 2. The molecule has 1 heterocycles. The van der Waals surface area contributed by atoms with E-state index in [1.54, 1.807) is 24.3 Å². The van der Waals surface area contributed by atoms with E-state index < -0.39 is 9.84 Å². The van der Waals surface area contributed by atoms with Crippen LogP contribution >= 0.6 is 0 Å². The Labute approximate surface area is 156 Å². The van der Waals surface area contributed by atoms with Crippen molar-refractivity contribution in [1.82, 2.24) is 0 Å². The fraction of sp³-hybridized carbons (Fsp3) is 0. The number of benzene rings is 3. The maximum absolute atomic E-state index is 12.7. The molecule has 0 bridgehead atoms. The van der Waals surface area contributed by atoms with E-state index >= 15 is 0 Å². The number of nitrogens with two attached hydrogens (primary N) is 2. The third kappa shape index (κ3) is 3.09. The average molecular weight is 376 g/mol. The molecule has 3 aromatic rings. The molecule has 0 aromatic heterocycles. The van der Waals surface area contributed by atoms with E-state index in [9.17, 15) is 8.42 Å². The fourth-order valence-electron chi connectivity index (χ4n) is 2.83. The molecule has 6 nitrogen and oxygen atoms in total. The second kappa shape index (κ2) is 6.37. The number of rotatable bonds is 3. The van der Waals surface area contributed by atoms with Crippen molar-refractivity contribution in [1.29, 1.82) is 0 Å². The number of nitrogens with zero attached hydrogens (tertiary/aromatic N) is 2. The van der Waals surface area contributed by atoms with Gasteiger partial charge in [0.05, 0.1) is 15.5 Å². The highest BCUT2D eigenvalue weighted by Gasteiger charge is 2.20. The van der Waals surface area contributed by atoms with Crippen LogP contribution in [0.15, 0.2) is 92.6 Å². The quantitative estimate of drug-likeness (QED) is 0.685. The van der Waals surface area contributed by atoms with Gasteiger partial charge in [-0.15, -0.1) is 0 Å². The molecule has 0 atom stereocenters. The summed E-state index contributed by atoms with van der Waals surface area (Å²) in [6.45, 7) is 0. The zero-order chi connectivity index (χ0) is 19.0. The second-order valence-corrected chi connectivity index (χ2v) is 7.99. The number of hydrogen-bond acceptors (Lipinski definition) is 5. The van der Waals surface area contributed by atoms with Crippen molar-refractivity contribution in [2.45, 2.75) is 9.79 Å². The minimum atomic E-state index is -3.61. The van der Waals surface area contributed by atoms with Crippen molar-refractivity contribution in [3.05, 3.63) is 83.9 Å². The van der Waals surface area contributed by atoms with Crippen molar-refractivity contribution in [2.24, 2.45) is 15.7 Å². The molecule has 3 aromatic carbocycles. The topological polar surface area (TPSA) is 111 Å². The molecule has 0 aliphatic carbocycles. The van der Waals surface area contributed by atoms with E-state index in [1.807, 2.05) is 24.3 Å².